The Labute approximate surface area is 115 Å². The molecule has 19 heavy (non-hydrogen) atoms. The highest BCUT2D eigenvalue weighted by Crippen LogP contribution is 2.46. The second-order valence-corrected chi connectivity index (χ2v) is 5.06. The summed E-state index contributed by atoms with van der Waals surface area (Å²) >= 11 is 0. The van der Waals surface area contributed by atoms with Crippen LogP contribution in [0.25, 0.3) is 0 Å². The van der Waals surface area contributed by atoms with Crippen LogP contribution in [0.3, 0.4) is 0 Å². The summed E-state index contributed by atoms with van der Waals surface area (Å²) in [6.45, 7) is 9.83. The quantitative estimate of drug-likeness (QED) is 0.437. The zero-order chi connectivity index (χ0) is 14.5. The van der Waals surface area contributed by atoms with Crippen LogP contribution in [-0.4, -0.2) is 25.2 Å². The fourth-order valence-electron chi connectivity index (χ4n) is 2.93. The van der Waals surface area contributed by atoms with Gasteiger partial charge in [0.2, 0.25) is 0 Å². The maximum atomic E-state index is 12.4. The highest BCUT2D eigenvalue weighted by molar-refractivity contribution is 6.01. The SMILES string of the molecule is C=C(C)C1CCCCC1(C(=O)OCC)C(=O)OCC. The van der Waals surface area contributed by atoms with E-state index in [0.29, 0.717) is 6.42 Å². The third-order valence-corrected chi connectivity index (χ3v) is 3.78. The van der Waals surface area contributed by atoms with E-state index in [9.17, 15) is 9.59 Å². The second-order valence-electron chi connectivity index (χ2n) is 5.06. The van der Waals surface area contributed by atoms with Crippen LogP contribution in [0, 0.1) is 11.3 Å². The van der Waals surface area contributed by atoms with E-state index >= 15 is 0 Å². The Bertz CT molecular complexity index is 341. The molecular formula is C15H24O4. The van der Waals surface area contributed by atoms with Crippen molar-refractivity contribution in [2.24, 2.45) is 11.3 Å². The maximum absolute atomic E-state index is 12.4. The molecule has 0 saturated heterocycles. The molecule has 1 fully saturated rings. The van der Waals surface area contributed by atoms with Crippen molar-refractivity contribution in [1.82, 2.24) is 0 Å². The third kappa shape index (κ3) is 2.99. The molecule has 0 aromatic heterocycles. The zero-order valence-electron chi connectivity index (χ0n) is 12.2. The second kappa shape index (κ2) is 6.73. The molecular weight excluding hydrogens is 244 g/mol. The third-order valence-electron chi connectivity index (χ3n) is 3.78. The molecule has 0 spiro atoms. The van der Waals surface area contributed by atoms with Crippen LogP contribution in [0.15, 0.2) is 12.2 Å². The number of ether oxygens (including phenoxy) is 2. The summed E-state index contributed by atoms with van der Waals surface area (Å²) in [7, 11) is 0. The number of esters is 2. The van der Waals surface area contributed by atoms with Gasteiger partial charge >= 0.3 is 11.9 Å². The number of carbonyl (C=O) groups excluding carboxylic acids is 2. The first-order chi connectivity index (χ1) is 9.00. The van der Waals surface area contributed by atoms with Gasteiger partial charge in [-0.15, -0.1) is 0 Å². The molecule has 1 atom stereocenters. The molecule has 0 heterocycles. The highest BCUT2D eigenvalue weighted by Gasteiger charge is 2.55. The van der Waals surface area contributed by atoms with Crippen LogP contribution in [0.4, 0.5) is 0 Å². The molecule has 1 rings (SSSR count). The molecule has 1 aliphatic carbocycles. The van der Waals surface area contributed by atoms with Gasteiger partial charge < -0.3 is 9.47 Å². The Morgan fingerprint density at radius 2 is 1.68 bits per heavy atom. The Balaban J connectivity index is 3.17. The number of carbonyl (C=O) groups is 2. The van der Waals surface area contributed by atoms with Crippen molar-refractivity contribution in [2.75, 3.05) is 13.2 Å². The summed E-state index contributed by atoms with van der Waals surface area (Å²) in [5.74, 6) is -1.10. The molecule has 4 nitrogen and oxygen atoms in total. The average Bonchev–Trinajstić information content (AvgIpc) is 2.38. The lowest BCUT2D eigenvalue weighted by Crippen LogP contribution is -2.49. The summed E-state index contributed by atoms with van der Waals surface area (Å²) in [6, 6.07) is 0. The molecule has 0 aliphatic heterocycles. The summed E-state index contributed by atoms with van der Waals surface area (Å²) in [6.07, 6.45) is 3.11. The molecule has 0 radical (unpaired) electrons. The normalized spacial score (nSPS) is 21.5. The van der Waals surface area contributed by atoms with Gasteiger partial charge in [-0.25, -0.2) is 0 Å². The number of hydrogen-bond acceptors (Lipinski definition) is 4. The minimum absolute atomic E-state index is 0.181. The molecule has 0 aromatic carbocycles. The molecule has 1 saturated carbocycles. The van der Waals surface area contributed by atoms with Gasteiger partial charge in [0, 0.05) is 5.92 Å². The first-order valence-electron chi connectivity index (χ1n) is 7.00. The largest absolute Gasteiger partial charge is 0.465 e. The monoisotopic (exact) mass is 268 g/mol. The van der Waals surface area contributed by atoms with Crippen LogP contribution in [0.2, 0.25) is 0 Å². The lowest BCUT2D eigenvalue weighted by atomic mass is 9.64. The minimum Gasteiger partial charge on any atom is -0.465 e. The van der Waals surface area contributed by atoms with Gasteiger partial charge in [-0.2, -0.15) is 0 Å². The smallest absolute Gasteiger partial charge is 0.324 e. The zero-order valence-corrected chi connectivity index (χ0v) is 12.2. The highest BCUT2D eigenvalue weighted by atomic mass is 16.6. The Morgan fingerprint density at radius 3 is 2.11 bits per heavy atom. The average molecular weight is 268 g/mol. The minimum atomic E-state index is -1.18. The van der Waals surface area contributed by atoms with Crippen LogP contribution < -0.4 is 0 Å². The van der Waals surface area contributed by atoms with E-state index in [1.54, 1.807) is 13.8 Å². The van der Waals surface area contributed by atoms with Crippen molar-refractivity contribution in [3.63, 3.8) is 0 Å². The summed E-state index contributed by atoms with van der Waals surface area (Å²) < 4.78 is 10.3. The first kappa shape index (κ1) is 15.7. The van der Waals surface area contributed by atoms with E-state index in [1.807, 2.05) is 6.92 Å². The summed E-state index contributed by atoms with van der Waals surface area (Å²) in [5, 5.41) is 0. The molecule has 0 aromatic rings. The van der Waals surface area contributed by atoms with Crippen molar-refractivity contribution in [3.8, 4) is 0 Å². The van der Waals surface area contributed by atoms with Gasteiger partial charge in [0.1, 0.15) is 0 Å². The van der Waals surface area contributed by atoms with Crippen molar-refractivity contribution < 1.29 is 19.1 Å². The number of rotatable bonds is 5. The summed E-state index contributed by atoms with van der Waals surface area (Å²) in [5.41, 5.74) is -0.336. The predicted octanol–water partition coefficient (Wildman–Crippen LogP) is 2.87. The van der Waals surface area contributed by atoms with Crippen LogP contribution in [0.1, 0.15) is 46.5 Å². The molecule has 1 unspecified atom stereocenters. The van der Waals surface area contributed by atoms with E-state index in [1.165, 1.54) is 0 Å². The molecule has 4 heteroatoms. The molecule has 108 valence electrons. The fraction of sp³-hybridized carbons (Fsp3) is 0.733. The van der Waals surface area contributed by atoms with Gasteiger partial charge in [0.05, 0.1) is 13.2 Å². The van der Waals surface area contributed by atoms with Crippen LogP contribution >= 0.6 is 0 Å². The van der Waals surface area contributed by atoms with E-state index in [-0.39, 0.29) is 19.1 Å². The van der Waals surface area contributed by atoms with Gasteiger partial charge in [-0.05, 0) is 33.6 Å². The Kier molecular flexibility index (Phi) is 5.58. The van der Waals surface area contributed by atoms with Gasteiger partial charge in [-0.3, -0.25) is 9.59 Å². The number of allylic oxidation sites excluding steroid dienone is 1. The first-order valence-corrected chi connectivity index (χ1v) is 7.00. The van der Waals surface area contributed by atoms with E-state index in [0.717, 1.165) is 24.8 Å². The Morgan fingerprint density at radius 1 is 1.16 bits per heavy atom. The van der Waals surface area contributed by atoms with Crippen LogP contribution in [-0.2, 0) is 19.1 Å². The topological polar surface area (TPSA) is 52.6 Å². The standard InChI is InChI=1S/C15H24O4/c1-5-18-13(16)15(14(17)19-6-2)10-8-7-9-12(15)11(3)4/h12H,3,5-10H2,1-2,4H3. The predicted molar refractivity (Wildman–Crippen MR) is 72.5 cm³/mol. The van der Waals surface area contributed by atoms with Crippen molar-refractivity contribution >= 4 is 11.9 Å². The van der Waals surface area contributed by atoms with Crippen molar-refractivity contribution in [2.45, 2.75) is 46.5 Å². The molecule has 0 N–H and O–H groups in total. The summed E-state index contributed by atoms with van der Waals surface area (Å²) in [4.78, 5) is 24.8. The van der Waals surface area contributed by atoms with E-state index in [4.69, 9.17) is 9.47 Å². The van der Waals surface area contributed by atoms with E-state index in [2.05, 4.69) is 6.58 Å². The number of hydrogen-bond donors (Lipinski definition) is 0. The van der Waals surface area contributed by atoms with Gasteiger partial charge in [0.25, 0.3) is 0 Å². The van der Waals surface area contributed by atoms with Crippen molar-refractivity contribution in [1.29, 1.82) is 0 Å². The van der Waals surface area contributed by atoms with Gasteiger partial charge in [-0.1, -0.05) is 25.0 Å². The van der Waals surface area contributed by atoms with Crippen molar-refractivity contribution in [3.05, 3.63) is 12.2 Å². The maximum Gasteiger partial charge on any atom is 0.324 e. The lowest BCUT2D eigenvalue weighted by Gasteiger charge is -2.40. The fourth-order valence-corrected chi connectivity index (χ4v) is 2.93. The molecule has 1 aliphatic rings. The van der Waals surface area contributed by atoms with Crippen LogP contribution in [0.5, 0.6) is 0 Å². The van der Waals surface area contributed by atoms with Gasteiger partial charge in [0.15, 0.2) is 5.41 Å². The lowest BCUT2D eigenvalue weighted by molar-refractivity contribution is -0.178. The van der Waals surface area contributed by atoms with E-state index < -0.39 is 17.4 Å². The Hall–Kier alpha value is -1.32. The molecule has 0 bridgehead atoms. The molecule has 0 amide bonds.